The van der Waals surface area contributed by atoms with Crippen molar-refractivity contribution < 1.29 is 14.7 Å². The molecule has 0 saturated heterocycles. The smallest absolute Gasteiger partial charge is 0.326 e. The summed E-state index contributed by atoms with van der Waals surface area (Å²) in [5.74, 6) is -1.49. The summed E-state index contributed by atoms with van der Waals surface area (Å²) in [4.78, 5) is 23.5. The van der Waals surface area contributed by atoms with Gasteiger partial charge in [-0.05, 0) is 37.8 Å². The van der Waals surface area contributed by atoms with Crippen molar-refractivity contribution in [3.05, 3.63) is 41.7 Å². The lowest BCUT2D eigenvalue weighted by molar-refractivity contribution is -0.139. The molecule has 22 heavy (non-hydrogen) atoms. The molecule has 1 amide bonds. The molecular weight excluding hydrogens is 284 g/mol. The van der Waals surface area contributed by atoms with Crippen LogP contribution in [0.5, 0.6) is 0 Å². The maximum absolute atomic E-state index is 12.3. The third kappa shape index (κ3) is 2.69. The van der Waals surface area contributed by atoms with Crippen LogP contribution in [0.3, 0.4) is 0 Å². The van der Waals surface area contributed by atoms with Gasteiger partial charge < -0.3 is 10.4 Å². The first-order chi connectivity index (χ1) is 10.6. The summed E-state index contributed by atoms with van der Waals surface area (Å²) in [6, 6.07) is 8.47. The van der Waals surface area contributed by atoms with Crippen LogP contribution in [0.2, 0.25) is 0 Å². The number of hydrogen-bond acceptors (Lipinski definition) is 4. The molecule has 1 aromatic heterocycles. The maximum Gasteiger partial charge on any atom is 0.326 e. The van der Waals surface area contributed by atoms with Crippen LogP contribution in [0, 0.1) is 12.8 Å². The number of benzene rings is 1. The minimum absolute atomic E-state index is 0.0194. The predicted molar refractivity (Wildman–Crippen MR) is 77.7 cm³/mol. The number of aromatic nitrogens is 3. The highest BCUT2D eigenvalue weighted by molar-refractivity contribution is 5.96. The number of carboxylic acids is 1. The van der Waals surface area contributed by atoms with Crippen LogP contribution < -0.4 is 5.32 Å². The van der Waals surface area contributed by atoms with E-state index in [4.69, 9.17) is 0 Å². The van der Waals surface area contributed by atoms with E-state index >= 15 is 0 Å². The van der Waals surface area contributed by atoms with E-state index in [0.717, 1.165) is 18.5 Å². The van der Waals surface area contributed by atoms with Gasteiger partial charge in [-0.15, -0.1) is 5.10 Å². The van der Waals surface area contributed by atoms with Crippen LogP contribution in [0.1, 0.15) is 29.0 Å². The molecule has 1 aromatic carbocycles. The molecule has 3 rings (SSSR count). The molecule has 1 saturated carbocycles. The number of rotatable bonds is 5. The number of carboxylic acid groups (broad SMARTS) is 1. The SMILES string of the molecule is Cc1c(C(=O)NC(C(=O)O)C2CC2)nnn1-c1ccccc1. The minimum atomic E-state index is -1.01. The maximum atomic E-state index is 12.3. The zero-order chi connectivity index (χ0) is 15.7. The van der Waals surface area contributed by atoms with Gasteiger partial charge in [-0.2, -0.15) is 0 Å². The first-order valence-corrected chi connectivity index (χ1v) is 7.09. The Morgan fingerprint density at radius 1 is 1.32 bits per heavy atom. The molecule has 7 nitrogen and oxygen atoms in total. The average Bonchev–Trinajstić information content (AvgIpc) is 3.27. The monoisotopic (exact) mass is 300 g/mol. The van der Waals surface area contributed by atoms with Crippen molar-refractivity contribution >= 4 is 11.9 Å². The van der Waals surface area contributed by atoms with Gasteiger partial charge in [-0.1, -0.05) is 23.4 Å². The molecule has 1 aliphatic carbocycles. The Morgan fingerprint density at radius 2 is 2.00 bits per heavy atom. The fraction of sp³-hybridized carbons (Fsp3) is 0.333. The summed E-state index contributed by atoms with van der Waals surface area (Å²) in [5.41, 5.74) is 1.52. The second-order valence-electron chi connectivity index (χ2n) is 5.40. The molecule has 0 bridgehead atoms. The lowest BCUT2D eigenvalue weighted by Gasteiger charge is -2.12. The first kappa shape index (κ1) is 14.2. The Balaban J connectivity index is 1.82. The van der Waals surface area contributed by atoms with E-state index < -0.39 is 17.9 Å². The van der Waals surface area contributed by atoms with Gasteiger partial charge in [0.2, 0.25) is 0 Å². The van der Waals surface area contributed by atoms with Crippen molar-refractivity contribution in [3.8, 4) is 5.69 Å². The summed E-state index contributed by atoms with van der Waals surface area (Å²) >= 11 is 0. The topological polar surface area (TPSA) is 97.1 Å². The largest absolute Gasteiger partial charge is 0.480 e. The molecular formula is C15H16N4O3. The third-order valence-electron chi connectivity index (χ3n) is 3.76. The van der Waals surface area contributed by atoms with Gasteiger partial charge in [0.15, 0.2) is 5.69 Å². The number of aliphatic carboxylic acids is 1. The molecule has 0 radical (unpaired) electrons. The number of para-hydroxylation sites is 1. The molecule has 0 aliphatic heterocycles. The van der Waals surface area contributed by atoms with E-state index in [1.54, 1.807) is 11.6 Å². The third-order valence-corrected chi connectivity index (χ3v) is 3.76. The summed E-state index contributed by atoms with van der Waals surface area (Å²) < 4.78 is 1.56. The second-order valence-corrected chi connectivity index (χ2v) is 5.40. The molecule has 2 N–H and O–H groups in total. The number of amides is 1. The van der Waals surface area contributed by atoms with Crippen molar-refractivity contribution in [2.45, 2.75) is 25.8 Å². The van der Waals surface area contributed by atoms with E-state index in [0.29, 0.717) is 5.69 Å². The summed E-state index contributed by atoms with van der Waals surface area (Å²) in [7, 11) is 0. The van der Waals surface area contributed by atoms with Crippen LogP contribution in [0.4, 0.5) is 0 Å². The van der Waals surface area contributed by atoms with Crippen molar-refractivity contribution in [2.24, 2.45) is 5.92 Å². The van der Waals surface area contributed by atoms with Crippen LogP contribution in [0.15, 0.2) is 30.3 Å². The molecule has 1 atom stereocenters. The number of hydrogen-bond donors (Lipinski definition) is 2. The fourth-order valence-corrected chi connectivity index (χ4v) is 2.37. The standard InChI is InChI=1S/C15H16N4O3/c1-9-12(14(20)16-13(15(21)22)10-7-8-10)17-18-19(9)11-5-3-2-4-6-11/h2-6,10,13H,7-8H2,1H3,(H,16,20)(H,21,22). The molecule has 1 aliphatic rings. The van der Waals surface area contributed by atoms with Gasteiger partial charge in [0.1, 0.15) is 6.04 Å². The highest BCUT2D eigenvalue weighted by Crippen LogP contribution is 2.32. The van der Waals surface area contributed by atoms with E-state index in [9.17, 15) is 14.7 Å². The lowest BCUT2D eigenvalue weighted by Crippen LogP contribution is -2.42. The first-order valence-electron chi connectivity index (χ1n) is 7.09. The lowest BCUT2D eigenvalue weighted by atomic mass is 10.2. The Kier molecular flexibility index (Phi) is 3.62. The Labute approximate surface area is 126 Å². The van der Waals surface area contributed by atoms with Gasteiger partial charge in [0.25, 0.3) is 5.91 Å². The second kappa shape index (κ2) is 5.59. The van der Waals surface area contributed by atoms with Gasteiger partial charge in [-0.3, -0.25) is 4.79 Å². The number of carbonyl (C=O) groups is 2. The van der Waals surface area contributed by atoms with E-state index in [2.05, 4.69) is 15.6 Å². The van der Waals surface area contributed by atoms with Gasteiger partial charge in [0, 0.05) is 0 Å². The van der Waals surface area contributed by atoms with Crippen LogP contribution >= 0.6 is 0 Å². The predicted octanol–water partition coefficient (Wildman–Crippen LogP) is 1.17. The average molecular weight is 300 g/mol. The van der Waals surface area contributed by atoms with E-state index in [1.807, 2.05) is 30.3 Å². The molecule has 2 aromatic rings. The van der Waals surface area contributed by atoms with Crippen molar-refractivity contribution in [3.63, 3.8) is 0 Å². The Bertz CT molecular complexity index is 707. The minimum Gasteiger partial charge on any atom is -0.480 e. The molecule has 114 valence electrons. The quantitative estimate of drug-likeness (QED) is 0.864. The summed E-state index contributed by atoms with van der Waals surface area (Å²) in [6.07, 6.45) is 1.65. The molecule has 7 heteroatoms. The summed E-state index contributed by atoms with van der Waals surface area (Å²) in [5, 5.41) is 19.6. The highest BCUT2D eigenvalue weighted by atomic mass is 16.4. The molecule has 1 fully saturated rings. The van der Waals surface area contributed by atoms with Crippen molar-refractivity contribution in [1.29, 1.82) is 0 Å². The van der Waals surface area contributed by atoms with Gasteiger partial charge in [0.05, 0.1) is 11.4 Å². The van der Waals surface area contributed by atoms with Crippen LogP contribution in [-0.4, -0.2) is 38.0 Å². The highest BCUT2D eigenvalue weighted by Gasteiger charge is 2.38. The van der Waals surface area contributed by atoms with Gasteiger partial charge in [-0.25, -0.2) is 9.48 Å². The molecule has 0 spiro atoms. The van der Waals surface area contributed by atoms with E-state index in [-0.39, 0.29) is 11.6 Å². The summed E-state index contributed by atoms with van der Waals surface area (Å²) in [6.45, 7) is 1.73. The molecule has 1 unspecified atom stereocenters. The number of carbonyl (C=O) groups excluding carboxylic acids is 1. The molecule has 1 heterocycles. The van der Waals surface area contributed by atoms with Crippen molar-refractivity contribution in [1.82, 2.24) is 20.3 Å². The number of nitrogens with one attached hydrogen (secondary N) is 1. The normalized spacial score (nSPS) is 15.3. The fourth-order valence-electron chi connectivity index (χ4n) is 2.37. The van der Waals surface area contributed by atoms with Crippen LogP contribution in [0.25, 0.3) is 5.69 Å². The Hall–Kier alpha value is -2.70. The van der Waals surface area contributed by atoms with Crippen molar-refractivity contribution in [2.75, 3.05) is 0 Å². The van der Waals surface area contributed by atoms with Crippen LogP contribution in [-0.2, 0) is 4.79 Å². The van der Waals surface area contributed by atoms with Gasteiger partial charge >= 0.3 is 5.97 Å². The number of nitrogens with zero attached hydrogens (tertiary/aromatic N) is 3. The Morgan fingerprint density at radius 3 is 2.59 bits per heavy atom. The zero-order valence-electron chi connectivity index (χ0n) is 12.1. The van der Waals surface area contributed by atoms with E-state index in [1.165, 1.54) is 0 Å². The zero-order valence-corrected chi connectivity index (χ0v) is 12.1.